The maximum Gasteiger partial charge on any atom is 0.270 e. The molecule has 32 heavy (non-hydrogen) atoms. The Hall–Kier alpha value is -3.92. The number of rotatable bonds is 3. The summed E-state index contributed by atoms with van der Waals surface area (Å²) >= 11 is 0. The summed E-state index contributed by atoms with van der Waals surface area (Å²) in [5.74, 6) is 1.42. The largest absolute Gasteiger partial charge is 0.370 e. The highest BCUT2D eigenvalue weighted by Gasteiger charge is 2.29. The lowest BCUT2D eigenvalue weighted by atomic mass is 9.95. The van der Waals surface area contributed by atoms with Gasteiger partial charge in [0.15, 0.2) is 0 Å². The van der Waals surface area contributed by atoms with Gasteiger partial charge in [-0.3, -0.25) is 4.79 Å². The summed E-state index contributed by atoms with van der Waals surface area (Å²) < 4.78 is 7.17. The average molecular weight is 425 g/mol. The molecule has 0 aliphatic carbocycles. The number of para-hydroxylation sites is 1. The standard InChI is InChI=1S/C25H23N5O2/c1-16-7-3-4-8-18(16)23-27-24(32-28-23)17-11-13-30(14-12-17)22-19-9-5-6-10-21(19)29(2)25(31)20(22)15-26/h3-10,17H,11-14H2,1-2H3. The summed E-state index contributed by atoms with van der Waals surface area (Å²) in [4.78, 5) is 19.6. The van der Waals surface area contributed by atoms with Gasteiger partial charge in [0.05, 0.1) is 11.2 Å². The lowest BCUT2D eigenvalue weighted by molar-refractivity contribution is 0.329. The summed E-state index contributed by atoms with van der Waals surface area (Å²) in [5, 5.41) is 14.9. The van der Waals surface area contributed by atoms with Gasteiger partial charge >= 0.3 is 0 Å². The van der Waals surface area contributed by atoms with Crippen LogP contribution < -0.4 is 10.5 Å². The minimum absolute atomic E-state index is 0.153. The van der Waals surface area contributed by atoms with E-state index in [2.05, 4.69) is 21.1 Å². The first kappa shape index (κ1) is 20.0. The number of benzene rings is 2. The number of fused-ring (bicyclic) bond motifs is 1. The van der Waals surface area contributed by atoms with E-state index in [-0.39, 0.29) is 17.0 Å². The fourth-order valence-electron chi connectivity index (χ4n) is 4.59. The van der Waals surface area contributed by atoms with Gasteiger partial charge in [-0.1, -0.05) is 47.6 Å². The Kier molecular flexibility index (Phi) is 4.98. The fourth-order valence-corrected chi connectivity index (χ4v) is 4.59. The van der Waals surface area contributed by atoms with Gasteiger partial charge in [-0.15, -0.1) is 0 Å². The molecule has 1 aliphatic heterocycles. The van der Waals surface area contributed by atoms with Gasteiger partial charge in [0.2, 0.25) is 11.7 Å². The van der Waals surface area contributed by atoms with Crippen molar-refractivity contribution in [3.8, 4) is 17.5 Å². The summed E-state index contributed by atoms with van der Waals surface area (Å²) in [7, 11) is 1.71. The van der Waals surface area contributed by atoms with Crippen molar-refractivity contribution in [2.75, 3.05) is 18.0 Å². The minimum Gasteiger partial charge on any atom is -0.370 e. The quantitative estimate of drug-likeness (QED) is 0.490. The van der Waals surface area contributed by atoms with Gasteiger partial charge in [0.25, 0.3) is 5.56 Å². The Bertz CT molecular complexity index is 1400. The molecule has 0 amide bonds. The maximum atomic E-state index is 12.8. The monoisotopic (exact) mass is 425 g/mol. The van der Waals surface area contributed by atoms with Crippen molar-refractivity contribution in [3.63, 3.8) is 0 Å². The van der Waals surface area contributed by atoms with E-state index < -0.39 is 0 Å². The van der Waals surface area contributed by atoms with Gasteiger partial charge in [0, 0.05) is 37.0 Å². The number of aromatic nitrogens is 3. The minimum atomic E-state index is -0.261. The third kappa shape index (κ3) is 3.25. The van der Waals surface area contributed by atoms with Crippen molar-refractivity contribution < 1.29 is 4.52 Å². The van der Waals surface area contributed by atoms with Crippen molar-refractivity contribution >= 4 is 16.6 Å². The van der Waals surface area contributed by atoms with Crippen LogP contribution >= 0.6 is 0 Å². The molecule has 5 rings (SSSR count). The molecule has 0 radical (unpaired) electrons. The normalized spacial score (nSPS) is 14.6. The number of aryl methyl sites for hydroxylation is 2. The van der Waals surface area contributed by atoms with Crippen LogP contribution in [-0.2, 0) is 7.05 Å². The zero-order valence-electron chi connectivity index (χ0n) is 18.1. The lowest BCUT2D eigenvalue weighted by Crippen LogP contribution is -2.35. The Balaban J connectivity index is 1.42. The molecule has 1 saturated heterocycles. The Morgan fingerprint density at radius 3 is 2.56 bits per heavy atom. The number of hydrogen-bond donors (Lipinski definition) is 0. The van der Waals surface area contributed by atoms with E-state index in [4.69, 9.17) is 4.52 Å². The zero-order chi connectivity index (χ0) is 22.2. The highest BCUT2D eigenvalue weighted by atomic mass is 16.5. The van der Waals surface area contributed by atoms with Crippen LogP contribution in [0, 0.1) is 18.3 Å². The molecule has 2 aromatic carbocycles. The first-order valence-corrected chi connectivity index (χ1v) is 10.7. The van der Waals surface area contributed by atoms with E-state index in [1.54, 1.807) is 11.6 Å². The summed E-state index contributed by atoms with van der Waals surface area (Å²) in [5.41, 5.74) is 3.58. The van der Waals surface area contributed by atoms with Gasteiger partial charge < -0.3 is 14.0 Å². The van der Waals surface area contributed by atoms with E-state index in [0.717, 1.165) is 40.6 Å². The number of nitrogens with zero attached hydrogens (tertiary/aromatic N) is 5. The second-order valence-corrected chi connectivity index (χ2v) is 8.25. The molecule has 1 aliphatic rings. The first-order valence-electron chi connectivity index (χ1n) is 10.7. The molecule has 0 saturated carbocycles. The molecule has 0 unspecified atom stereocenters. The molecule has 160 valence electrons. The van der Waals surface area contributed by atoms with E-state index >= 15 is 0 Å². The molecule has 2 aromatic heterocycles. The number of nitriles is 1. The molecule has 0 spiro atoms. The van der Waals surface area contributed by atoms with Gasteiger partial charge in [-0.25, -0.2) is 0 Å². The maximum absolute atomic E-state index is 12.8. The summed E-state index contributed by atoms with van der Waals surface area (Å²) in [6.07, 6.45) is 1.62. The lowest BCUT2D eigenvalue weighted by Gasteiger charge is -2.33. The van der Waals surface area contributed by atoms with Crippen molar-refractivity contribution in [1.82, 2.24) is 14.7 Å². The summed E-state index contributed by atoms with van der Waals surface area (Å²) in [6.45, 7) is 3.45. The first-order chi connectivity index (χ1) is 15.6. The van der Waals surface area contributed by atoms with Crippen LogP contribution in [0.3, 0.4) is 0 Å². The Morgan fingerprint density at radius 1 is 1.09 bits per heavy atom. The number of hydrogen-bond acceptors (Lipinski definition) is 6. The van der Waals surface area contributed by atoms with Crippen LogP contribution in [0.1, 0.15) is 35.8 Å². The topological polar surface area (TPSA) is 88.0 Å². The highest BCUT2D eigenvalue weighted by Crippen LogP contribution is 2.35. The van der Waals surface area contributed by atoms with Crippen molar-refractivity contribution in [3.05, 3.63) is 75.9 Å². The van der Waals surface area contributed by atoms with E-state index in [1.807, 2.05) is 55.5 Å². The molecule has 0 N–H and O–H groups in total. The van der Waals surface area contributed by atoms with E-state index in [0.29, 0.717) is 24.8 Å². The molecular weight excluding hydrogens is 402 g/mol. The van der Waals surface area contributed by atoms with Crippen LogP contribution in [0.4, 0.5) is 5.69 Å². The zero-order valence-corrected chi connectivity index (χ0v) is 18.1. The molecule has 1 fully saturated rings. The third-order valence-electron chi connectivity index (χ3n) is 6.38. The Labute approximate surface area is 185 Å². The number of anilines is 1. The van der Waals surface area contributed by atoms with Gasteiger partial charge in [-0.2, -0.15) is 10.2 Å². The molecule has 7 heteroatoms. The Morgan fingerprint density at radius 2 is 1.81 bits per heavy atom. The van der Waals surface area contributed by atoms with Crippen LogP contribution in [0.5, 0.6) is 0 Å². The number of piperidine rings is 1. The van der Waals surface area contributed by atoms with Crippen LogP contribution in [0.15, 0.2) is 57.8 Å². The van der Waals surface area contributed by atoms with Crippen LogP contribution in [0.2, 0.25) is 0 Å². The predicted octanol–water partition coefficient (Wildman–Crippen LogP) is 4.15. The van der Waals surface area contributed by atoms with Crippen LogP contribution in [-0.4, -0.2) is 27.8 Å². The number of pyridine rings is 1. The smallest absolute Gasteiger partial charge is 0.270 e. The van der Waals surface area contributed by atoms with Crippen molar-refractivity contribution in [2.24, 2.45) is 7.05 Å². The van der Waals surface area contributed by atoms with Crippen molar-refractivity contribution in [2.45, 2.75) is 25.7 Å². The second-order valence-electron chi connectivity index (χ2n) is 8.25. The van der Waals surface area contributed by atoms with E-state index in [1.165, 1.54) is 0 Å². The highest BCUT2D eigenvalue weighted by molar-refractivity contribution is 5.94. The average Bonchev–Trinajstić information content (AvgIpc) is 3.32. The van der Waals surface area contributed by atoms with Crippen molar-refractivity contribution in [1.29, 1.82) is 5.26 Å². The fraction of sp³-hybridized carbons (Fsp3) is 0.280. The SMILES string of the molecule is Cc1ccccc1-c1noc(C2CCN(c3c(C#N)c(=O)n(C)c4ccccc34)CC2)n1. The van der Waals surface area contributed by atoms with E-state index in [9.17, 15) is 10.1 Å². The van der Waals surface area contributed by atoms with Gasteiger partial charge in [0.1, 0.15) is 11.6 Å². The predicted molar refractivity (Wildman–Crippen MR) is 123 cm³/mol. The summed E-state index contributed by atoms with van der Waals surface area (Å²) in [6, 6.07) is 17.9. The molecule has 3 heterocycles. The third-order valence-corrected chi connectivity index (χ3v) is 6.38. The molecule has 7 nitrogen and oxygen atoms in total. The molecule has 0 bridgehead atoms. The molecule has 4 aromatic rings. The van der Waals surface area contributed by atoms with Gasteiger partial charge in [-0.05, 0) is 31.4 Å². The second kappa shape index (κ2) is 7.97. The molecule has 0 atom stereocenters. The van der Waals surface area contributed by atoms with Crippen LogP contribution in [0.25, 0.3) is 22.3 Å². The molecular formula is C25H23N5O2.